The average Bonchev–Trinajstić information content (AvgIpc) is 2.53. The number of H-pyrrole nitrogens is 1. The van der Waals surface area contributed by atoms with Gasteiger partial charge in [0.05, 0.1) is 6.54 Å². The van der Waals surface area contributed by atoms with Crippen molar-refractivity contribution in [1.82, 2.24) is 14.5 Å². The van der Waals surface area contributed by atoms with Gasteiger partial charge in [0, 0.05) is 25.0 Å². The molecule has 8 nitrogen and oxygen atoms in total. The van der Waals surface area contributed by atoms with Crippen LogP contribution in [0.3, 0.4) is 0 Å². The molecule has 0 spiro atoms. The van der Waals surface area contributed by atoms with Crippen LogP contribution in [0, 0.1) is 20.8 Å². The normalized spacial score (nSPS) is 10.5. The Morgan fingerprint density at radius 1 is 1.15 bits per heavy atom. The number of carbonyl (C=O) groups excluding carboxylic acids is 2. The molecule has 2 N–H and O–H groups in total. The van der Waals surface area contributed by atoms with Crippen molar-refractivity contribution in [2.45, 2.75) is 27.3 Å². The van der Waals surface area contributed by atoms with Crippen LogP contribution in [0.25, 0.3) is 0 Å². The maximum absolute atomic E-state index is 12.3. The molecule has 1 heterocycles. The number of anilines is 1. The molecule has 138 valence electrons. The molecule has 2 amide bonds. The zero-order valence-corrected chi connectivity index (χ0v) is 15.3. The third-order valence-corrected chi connectivity index (χ3v) is 3.95. The van der Waals surface area contributed by atoms with Crippen molar-refractivity contribution in [3.63, 3.8) is 0 Å². The van der Waals surface area contributed by atoms with Crippen LogP contribution in [-0.4, -0.2) is 39.9 Å². The monoisotopic (exact) mass is 358 g/mol. The van der Waals surface area contributed by atoms with Crippen LogP contribution in [0.2, 0.25) is 0 Å². The van der Waals surface area contributed by atoms with Crippen LogP contribution in [0.1, 0.15) is 16.7 Å². The second-order valence-electron chi connectivity index (χ2n) is 6.31. The molecule has 0 fully saturated rings. The van der Waals surface area contributed by atoms with E-state index in [1.807, 2.05) is 32.9 Å². The molecule has 8 heteroatoms. The Bertz CT molecular complexity index is 935. The van der Waals surface area contributed by atoms with Crippen molar-refractivity contribution in [2.24, 2.45) is 0 Å². The smallest absolute Gasteiger partial charge is 0.328 e. The highest BCUT2D eigenvalue weighted by atomic mass is 16.2. The van der Waals surface area contributed by atoms with E-state index < -0.39 is 17.2 Å². The van der Waals surface area contributed by atoms with Crippen molar-refractivity contribution in [1.29, 1.82) is 0 Å². The van der Waals surface area contributed by atoms with Crippen molar-refractivity contribution in [2.75, 3.05) is 18.9 Å². The van der Waals surface area contributed by atoms with Crippen LogP contribution >= 0.6 is 0 Å². The van der Waals surface area contributed by atoms with Crippen molar-refractivity contribution in [3.8, 4) is 0 Å². The Morgan fingerprint density at radius 3 is 2.35 bits per heavy atom. The first-order chi connectivity index (χ1) is 12.2. The van der Waals surface area contributed by atoms with Gasteiger partial charge in [0.2, 0.25) is 11.8 Å². The number of hydrogen-bond acceptors (Lipinski definition) is 4. The molecule has 0 aliphatic rings. The van der Waals surface area contributed by atoms with Gasteiger partial charge in [0.15, 0.2) is 0 Å². The molecule has 2 aromatic rings. The minimum Gasteiger partial charge on any atom is -0.335 e. The van der Waals surface area contributed by atoms with Crippen molar-refractivity contribution < 1.29 is 9.59 Å². The topological polar surface area (TPSA) is 104 Å². The summed E-state index contributed by atoms with van der Waals surface area (Å²) in [5.74, 6) is -0.753. The zero-order chi connectivity index (χ0) is 19.4. The fraction of sp³-hybridized carbons (Fsp3) is 0.333. The molecule has 26 heavy (non-hydrogen) atoms. The Kier molecular flexibility index (Phi) is 5.76. The number of likely N-dealkylation sites (N-methyl/N-ethyl adjacent to an activating group) is 1. The predicted octanol–water partition coefficient (Wildman–Crippen LogP) is 0.559. The Morgan fingerprint density at radius 2 is 1.77 bits per heavy atom. The van der Waals surface area contributed by atoms with Gasteiger partial charge < -0.3 is 10.2 Å². The van der Waals surface area contributed by atoms with E-state index in [0.29, 0.717) is 0 Å². The van der Waals surface area contributed by atoms with Gasteiger partial charge in [-0.1, -0.05) is 17.7 Å². The summed E-state index contributed by atoms with van der Waals surface area (Å²) in [6.45, 7) is 5.39. The highest BCUT2D eigenvalue weighted by Crippen LogP contribution is 2.21. The summed E-state index contributed by atoms with van der Waals surface area (Å²) in [6.07, 6.45) is 1.24. The largest absolute Gasteiger partial charge is 0.335 e. The second kappa shape index (κ2) is 7.81. The second-order valence-corrected chi connectivity index (χ2v) is 6.31. The number of rotatable bonds is 5. The van der Waals surface area contributed by atoms with Crippen molar-refractivity contribution in [3.05, 3.63) is 61.9 Å². The van der Waals surface area contributed by atoms with E-state index in [9.17, 15) is 19.2 Å². The Hall–Kier alpha value is -3.16. The van der Waals surface area contributed by atoms with Gasteiger partial charge in [-0.2, -0.15) is 0 Å². The van der Waals surface area contributed by atoms with Crippen LogP contribution in [0.5, 0.6) is 0 Å². The molecule has 1 aromatic carbocycles. The summed E-state index contributed by atoms with van der Waals surface area (Å²) in [4.78, 5) is 50.4. The van der Waals surface area contributed by atoms with E-state index in [0.717, 1.165) is 33.0 Å². The lowest BCUT2D eigenvalue weighted by atomic mass is 10.1. The van der Waals surface area contributed by atoms with Gasteiger partial charge >= 0.3 is 5.69 Å². The lowest BCUT2D eigenvalue weighted by Crippen LogP contribution is -2.39. The number of benzene rings is 1. The molecule has 0 saturated carbocycles. The van der Waals surface area contributed by atoms with E-state index >= 15 is 0 Å². The molecular formula is C18H22N4O4. The highest BCUT2D eigenvalue weighted by molar-refractivity contribution is 5.95. The lowest BCUT2D eigenvalue weighted by Gasteiger charge is -2.19. The summed E-state index contributed by atoms with van der Waals surface area (Å²) in [6, 6.07) is 5.10. The maximum atomic E-state index is 12.3. The Balaban J connectivity index is 2.01. The van der Waals surface area contributed by atoms with Gasteiger partial charge in [-0.05, 0) is 31.9 Å². The summed E-state index contributed by atoms with van der Waals surface area (Å²) in [5, 5.41) is 2.83. The summed E-state index contributed by atoms with van der Waals surface area (Å²) < 4.78 is 1.08. The highest BCUT2D eigenvalue weighted by Gasteiger charge is 2.15. The van der Waals surface area contributed by atoms with Crippen LogP contribution < -0.4 is 16.6 Å². The molecule has 0 unspecified atom stereocenters. The summed E-state index contributed by atoms with van der Waals surface area (Å²) >= 11 is 0. The van der Waals surface area contributed by atoms with E-state index in [-0.39, 0.29) is 19.0 Å². The molecule has 0 aliphatic heterocycles. The predicted molar refractivity (Wildman–Crippen MR) is 98.2 cm³/mol. The van der Waals surface area contributed by atoms with E-state index in [1.165, 1.54) is 18.1 Å². The summed E-state index contributed by atoms with van der Waals surface area (Å²) in [5.41, 5.74) is 2.54. The minimum absolute atomic E-state index is 0.149. The number of aromatic amines is 1. The third-order valence-electron chi connectivity index (χ3n) is 3.95. The molecular weight excluding hydrogens is 336 g/mol. The van der Waals surface area contributed by atoms with Crippen molar-refractivity contribution >= 4 is 17.5 Å². The lowest BCUT2D eigenvalue weighted by molar-refractivity contribution is -0.133. The molecule has 0 saturated heterocycles. The van der Waals surface area contributed by atoms with E-state index in [4.69, 9.17) is 0 Å². The van der Waals surface area contributed by atoms with Gasteiger partial charge in [-0.3, -0.25) is 23.9 Å². The SMILES string of the molecule is Cc1cc(C)c(NC(=O)CN(C)C(=O)Cn2ccc(=O)[nH]c2=O)c(C)c1. The number of hydrogen-bond donors (Lipinski definition) is 2. The minimum atomic E-state index is -0.672. The van der Waals surface area contributed by atoms with Gasteiger partial charge in [-0.25, -0.2) is 4.79 Å². The standard InChI is InChI=1S/C18H22N4O4/c1-11-7-12(2)17(13(3)8-11)19-15(24)9-21(4)16(25)10-22-6-5-14(23)20-18(22)26/h5-8H,9-10H2,1-4H3,(H,19,24)(H,20,23,26). The number of aryl methyl sites for hydroxylation is 3. The molecule has 2 rings (SSSR count). The maximum Gasteiger partial charge on any atom is 0.328 e. The first-order valence-electron chi connectivity index (χ1n) is 8.09. The van der Waals surface area contributed by atoms with E-state index in [2.05, 4.69) is 10.3 Å². The zero-order valence-electron chi connectivity index (χ0n) is 15.3. The number of amides is 2. The number of aromatic nitrogens is 2. The average molecular weight is 358 g/mol. The quantitative estimate of drug-likeness (QED) is 0.815. The molecule has 0 bridgehead atoms. The first-order valence-corrected chi connectivity index (χ1v) is 8.09. The molecule has 0 atom stereocenters. The fourth-order valence-corrected chi connectivity index (χ4v) is 2.69. The van der Waals surface area contributed by atoms with E-state index in [1.54, 1.807) is 0 Å². The number of nitrogens with one attached hydrogen (secondary N) is 2. The Labute approximate surface area is 150 Å². The van der Waals surface area contributed by atoms with Gasteiger partial charge in [0.1, 0.15) is 6.54 Å². The van der Waals surface area contributed by atoms with Crippen LogP contribution in [0.15, 0.2) is 34.0 Å². The van der Waals surface area contributed by atoms with Crippen LogP contribution in [-0.2, 0) is 16.1 Å². The van der Waals surface area contributed by atoms with Crippen LogP contribution in [0.4, 0.5) is 5.69 Å². The summed E-state index contributed by atoms with van der Waals surface area (Å²) in [7, 11) is 1.48. The molecule has 0 radical (unpaired) electrons. The molecule has 1 aromatic heterocycles. The number of nitrogens with zero attached hydrogens (tertiary/aromatic N) is 2. The molecule has 0 aliphatic carbocycles. The first kappa shape index (κ1) is 19.2. The van der Waals surface area contributed by atoms with Gasteiger partial charge in [-0.15, -0.1) is 0 Å². The third kappa shape index (κ3) is 4.69. The van der Waals surface area contributed by atoms with Gasteiger partial charge in [0.25, 0.3) is 5.56 Å². The fourth-order valence-electron chi connectivity index (χ4n) is 2.69. The number of carbonyl (C=O) groups is 2.